The predicted molar refractivity (Wildman–Crippen MR) is 87.6 cm³/mol. The van der Waals surface area contributed by atoms with Gasteiger partial charge in [0.2, 0.25) is 0 Å². The summed E-state index contributed by atoms with van der Waals surface area (Å²) in [5.41, 5.74) is 1.11. The average molecular weight is 290 g/mol. The van der Waals surface area contributed by atoms with E-state index in [4.69, 9.17) is 0 Å². The van der Waals surface area contributed by atoms with Crippen LogP contribution in [0.1, 0.15) is 24.8 Å². The topological polar surface area (TPSA) is 49.3 Å². The molecule has 0 amide bonds. The van der Waals surface area contributed by atoms with Gasteiger partial charge in [-0.2, -0.15) is 0 Å². The van der Waals surface area contributed by atoms with Gasteiger partial charge in [0.1, 0.15) is 0 Å². The van der Waals surface area contributed by atoms with Crippen molar-refractivity contribution in [2.45, 2.75) is 26.2 Å². The summed E-state index contributed by atoms with van der Waals surface area (Å²) in [6.07, 6.45) is 3.18. The number of rotatable bonds is 6. The van der Waals surface area contributed by atoms with Gasteiger partial charge in [0.05, 0.1) is 15.2 Å². The first-order valence-electron chi connectivity index (χ1n) is 7.12. The molecule has 1 aromatic heterocycles. The first-order chi connectivity index (χ1) is 9.83. The Morgan fingerprint density at radius 1 is 1.25 bits per heavy atom. The molecule has 0 saturated heterocycles. The van der Waals surface area contributed by atoms with Crippen molar-refractivity contribution in [2.75, 3.05) is 20.1 Å². The largest absolute Gasteiger partial charge is 0.356 e. The molecule has 0 aliphatic carbocycles. The summed E-state index contributed by atoms with van der Waals surface area (Å²) in [5.74, 6) is 0.885. The average Bonchev–Trinajstić information content (AvgIpc) is 2.89. The maximum atomic E-state index is 4.64. The molecule has 0 spiro atoms. The number of fused-ring (bicyclic) bond motifs is 1. The van der Waals surface area contributed by atoms with Crippen LogP contribution in [-0.4, -0.2) is 31.1 Å². The highest BCUT2D eigenvalue weighted by atomic mass is 32.1. The van der Waals surface area contributed by atoms with Crippen LogP contribution in [-0.2, 0) is 6.42 Å². The van der Waals surface area contributed by atoms with Gasteiger partial charge < -0.3 is 10.6 Å². The number of para-hydroxylation sites is 1. The summed E-state index contributed by atoms with van der Waals surface area (Å²) in [5, 5.41) is 7.80. The zero-order chi connectivity index (χ0) is 14.2. The molecular formula is C15H22N4S. The molecule has 0 saturated carbocycles. The number of benzene rings is 1. The number of nitrogens with one attached hydrogen (secondary N) is 2. The summed E-state index contributed by atoms with van der Waals surface area (Å²) >= 11 is 1.79. The highest BCUT2D eigenvalue weighted by molar-refractivity contribution is 7.18. The van der Waals surface area contributed by atoms with Gasteiger partial charge in [0.15, 0.2) is 5.96 Å². The van der Waals surface area contributed by atoms with E-state index in [0.717, 1.165) is 43.8 Å². The van der Waals surface area contributed by atoms with E-state index < -0.39 is 0 Å². The number of hydrogen-bond acceptors (Lipinski definition) is 3. The fraction of sp³-hybridized carbons (Fsp3) is 0.467. The maximum Gasteiger partial charge on any atom is 0.190 e. The summed E-state index contributed by atoms with van der Waals surface area (Å²) in [6.45, 7) is 4.02. The Balaban J connectivity index is 1.75. The van der Waals surface area contributed by atoms with E-state index in [1.54, 1.807) is 18.4 Å². The Morgan fingerprint density at radius 3 is 2.80 bits per heavy atom. The van der Waals surface area contributed by atoms with Gasteiger partial charge in [-0.3, -0.25) is 4.99 Å². The lowest BCUT2D eigenvalue weighted by Gasteiger charge is -2.10. The Morgan fingerprint density at radius 2 is 2.05 bits per heavy atom. The molecule has 0 aliphatic heterocycles. The Bertz CT molecular complexity index is 529. The van der Waals surface area contributed by atoms with Crippen LogP contribution in [0, 0.1) is 0 Å². The Hall–Kier alpha value is -1.62. The molecule has 2 N–H and O–H groups in total. The van der Waals surface area contributed by atoms with Crippen molar-refractivity contribution in [1.82, 2.24) is 15.6 Å². The number of aryl methyl sites for hydroxylation is 1. The van der Waals surface area contributed by atoms with E-state index >= 15 is 0 Å². The summed E-state index contributed by atoms with van der Waals surface area (Å²) in [4.78, 5) is 8.83. The number of guanidine groups is 1. The van der Waals surface area contributed by atoms with Crippen LogP contribution in [0.15, 0.2) is 29.3 Å². The molecule has 0 aliphatic rings. The first-order valence-corrected chi connectivity index (χ1v) is 7.94. The van der Waals surface area contributed by atoms with Crippen LogP contribution < -0.4 is 10.6 Å². The van der Waals surface area contributed by atoms with Crippen molar-refractivity contribution in [1.29, 1.82) is 0 Å². The van der Waals surface area contributed by atoms with E-state index in [0.29, 0.717) is 0 Å². The summed E-state index contributed by atoms with van der Waals surface area (Å²) < 4.78 is 1.27. The van der Waals surface area contributed by atoms with Crippen molar-refractivity contribution < 1.29 is 0 Å². The van der Waals surface area contributed by atoms with Gasteiger partial charge in [-0.1, -0.05) is 19.1 Å². The Kier molecular flexibility index (Phi) is 5.80. The van der Waals surface area contributed by atoms with Crippen molar-refractivity contribution in [3.05, 3.63) is 29.3 Å². The quantitative estimate of drug-likeness (QED) is 0.488. The van der Waals surface area contributed by atoms with Crippen LogP contribution in [0.25, 0.3) is 10.2 Å². The SMILES string of the molecule is CCCNC(=NC)NCCCc1nc2ccccc2s1. The van der Waals surface area contributed by atoms with Gasteiger partial charge >= 0.3 is 0 Å². The molecule has 20 heavy (non-hydrogen) atoms. The van der Waals surface area contributed by atoms with E-state index in [9.17, 15) is 0 Å². The van der Waals surface area contributed by atoms with Crippen molar-refractivity contribution >= 4 is 27.5 Å². The van der Waals surface area contributed by atoms with Gasteiger partial charge in [-0.25, -0.2) is 4.98 Å². The molecule has 0 unspecified atom stereocenters. The fourth-order valence-electron chi connectivity index (χ4n) is 1.94. The Labute approximate surface area is 124 Å². The molecule has 0 radical (unpaired) electrons. The molecule has 4 nitrogen and oxygen atoms in total. The number of aliphatic imine (C=N–C) groups is 1. The predicted octanol–water partition coefficient (Wildman–Crippen LogP) is 2.80. The van der Waals surface area contributed by atoms with Crippen LogP contribution in [0.5, 0.6) is 0 Å². The third-order valence-electron chi connectivity index (χ3n) is 2.96. The smallest absolute Gasteiger partial charge is 0.190 e. The molecule has 0 atom stereocenters. The van der Waals surface area contributed by atoms with Crippen molar-refractivity contribution in [3.8, 4) is 0 Å². The maximum absolute atomic E-state index is 4.64. The molecule has 2 aromatic rings. The van der Waals surface area contributed by atoms with Crippen molar-refractivity contribution in [2.24, 2.45) is 4.99 Å². The molecule has 0 bridgehead atoms. The van der Waals surface area contributed by atoms with Crippen LogP contribution in [0.3, 0.4) is 0 Å². The molecule has 1 aromatic carbocycles. The van der Waals surface area contributed by atoms with Crippen LogP contribution in [0.4, 0.5) is 0 Å². The van der Waals surface area contributed by atoms with E-state index in [1.807, 2.05) is 6.07 Å². The van der Waals surface area contributed by atoms with E-state index in [1.165, 1.54) is 9.71 Å². The van der Waals surface area contributed by atoms with Crippen molar-refractivity contribution in [3.63, 3.8) is 0 Å². The standard InChI is InChI=1S/C15H22N4S/c1-3-10-17-15(16-2)18-11-6-9-14-19-12-7-4-5-8-13(12)20-14/h4-5,7-8H,3,6,9-11H2,1-2H3,(H2,16,17,18). The lowest BCUT2D eigenvalue weighted by molar-refractivity contribution is 0.733. The van der Waals surface area contributed by atoms with E-state index in [2.05, 4.69) is 45.7 Å². The fourth-order valence-corrected chi connectivity index (χ4v) is 2.95. The molecule has 1 heterocycles. The van der Waals surface area contributed by atoms with Gasteiger partial charge in [-0.05, 0) is 25.0 Å². The third-order valence-corrected chi connectivity index (χ3v) is 4.06. The zero-order valence-corrected chi connectivity index (χ0v) is 13.0. The normalized spacial score (nSPS) is 11.8. The number of thiazole rings is 1. The second-order valence-corrected chi connectivity index (χ2v) is 5.72. The first kappa shape index (κ1) is 14.8. The van der Waals surface area contributed by atoms with Gasteiger partial charge in [0.25, 0.3) is 0 Å². The van der Waals surface area contributed by atoms with Gasteiger partial charge in [0, 0.05) is 26.6 Å². The monoisotopic (exact) mass is 290 g/mol. The second-order valence-electron chi connectivity index (χ2n) is 4.60. The molecule has 2 rings (SSSR count). The highest BCUT2D eigenvalue weighted by Gasteiger charge is 2.03. The minimum Gasteiger partial charge on any atom is -0.356 e. The summed E-state index contributed by atoms with van der Waals surface area (Å²) in [6, 6.07) is 8.31. The van der Waals surface area contributed by atoms with Crippen LogP contribution in [0.2, 0.25) is 0 Å². The number of hydrogen-bond donors (Lipinski definition) is 2. The molecule has 108 valence electrons. The third kappa shape index (κ3) is 4.20. The van der Waals surface area contributed by atoms with Crippen LogP contribution >= 0.6 is 11.3 Å². The van der Waals surface area contributed by atoms with E-state index in [-0.39, 0.29) is 0 Å². The minimum atomic E-state index is 0.885. The zero-order valence-electron chi connectivity index (χ0n) is 12.1. The lowest BCUT2D eigenvalue weighted by atomic mass is 10.3. The number of nitrogens with zero attached hydrogens (tertiary/aromatic N) is 2. The number of aromatic nitrogens is 1. The van der Waals surface area contributed by atoms with Gasteiger partial charge in [-0.15, -0.1) is 11.3 Å². The summed E-state index contributed by atoms with van der Waals surface area (Å²) in [7, 11) is 1.80. The highest BCUT2D eigenvalue weighted by Crippen LogP contribution is 2.22. The lowest BCUT2D eigenvalue weighted by Crippen LogP contribution is -2.38. The second kappa shape index (κ2) is 7.85. The minimum absolute atomic E-state index is 0.885. The molecular weight excluding hydrogens is 268 g/mol. The molecule has 0 fully saturated rings. The molecule has 5 heteroatoms.